The van der Waals surface area contributed by atoms with E-state index in [0.717, 1.165) is 11.5 Å². The molecule has 19 heavy (non-hydrogen) atoms. The maximum atomic E-state index is 10.4. The summed E-state index contributed by atoms with van der Waals surface area (Å²) in [5.74, 6) is 0.938. The highest BCUT2D eigenvalue weighted by atomic mass is 16.5. The van der Waals surface area contributed by atoms with Gasteiger partial charge in [-0.3, -0.25) is 9.59 Å². The molecule has 0 bridgehead atoms. The Morgan fingerprint density at radius 1 is 1.05 bits per heavy atom. The quantitative estimate of drug-likeness (QED) is 0.605. The first-order valence-electron chi connectivity index (χ1n) is 5.87. The van der Waals surface area contributed by atoms with Gasteiger partial charge in [-0.2, -0.15) is 0 Å². The first-order chi connectivity index (χ1) is 9.04. The van der Waals surface area contributed by atoms with E-state index >= 15 is 0 Å². The van der Waals surface area contributed by atoms with Crippen LogP contribution >= 0.6 is 0 Å². The van der Waals surface area contributed by atoms with Crippen molar-refractivity contribution in [2.45, 2.75) is 20.3 Å². The molecule has 0 aliphatic heterocycles. The van der Waals surface area contributed by atoms with Crippen LogP contribution < -0.4 is 9.47 Å². The van der Waals surface area contributed by atoms with E-state index in [9.17, 15) is 9.59 Å². The number of rotatable bonds is 5. The predicted octanol–water partition coefficient (Wildman–Crippen LogP) is 2.23. The molecular weight excluding hydrogens is 248 g/mol. The highest BCUT2D eigenvalue weighted by molar-refractivity contribution is 5.94. The molecule has 0 unspecified atom stereocenters. The second kappa shape index (κ2) is 9.94. The fourth-order valence-corrected chi connectivity index (χ4v) is 1.20. The number of methoxy groups -OCH3 is 2. The topological polar surface area (TPSA) is 61.8 Å². The average molecular weight is 268 g/mol. The molecule has 0 atom stereocenters. The number of para-hydroxylation sites is 2. The van der Waals surface area contributed by atoms with Gasteiger partial charge in [-0.25, -0.2) is 0 Å². The van der Waals surface area contributed by atoms with E-state index in [1.54, 1.807) is 21.1 Å². The summed E-state index contributed by atoms with van der Waals surface area (Å²) in [6.45, 7) is 3.40. The molecule has 0 fully saturated rings. The van der Waals surface area contributed by atoms with Gasteiger partial charge in [0, 0.05) is 0 Å². The summed E-state index contributed by atoms with van der Waals surface area (Å²) in [4.78, 5) is 20.6. The Labute approximate surface area is 113 Å². The number of carbonyl (C=O) groups excluding carboxylic acids is 2. The van der Waals surface area contributed by atoms with E-state index in [1.807, 2.05) is 24.3 Å². The monoisotopic (exact) mass is 268 g/mol. The van der Waals surface area contributed by atoms with Crippen LogP contribution in [-0.4, -0.2) is 32.6 Å². The van der Waals surface area contributed by atoms with Crippen molar-refractivity contribution in [2.24, 2.45) is 0 Å². The summed E-state index contributed by atoms with van der Waals surface area (Å²) >= 11 is 0. The lowest BCUT2D eigenvalue weighted by molar-refractivity contribution is -0.145. The minimum Gasteiger partial charge on any atom is -0.493 e. The number of ether oxygens (including phenoxy) is 3. The molecule has 0 saturated heterocycles. The van der Waals surface area contributed by atoms with Crippen LogP contribution in [-0.2, 0) is 14.3 Å². The van der Waals surface area contributed by atoms with Gasteiger partial charge >= 0.3 is 5.97 Å². The van der Waals surface area contributed by atoms with Gasteiger partial charge in [-0.1, -0.05) is 12.1 Å². The van der Waals surface area contributed by atoms with E-state index in [-0.39, 0.29) is 12.2 Å². The van der Waals surface area contributed by atoms with E-state index in [1.165, 1.54) is 6.92 Å². The first kappa shape index (κ1) is 17.0. The molecule has 0 N–H and O–H groups in total. The van der Waals surface area contributed by atoms with Crippen molar-refractivity contribution < 1.29 is 23.8 Å². The van der Waals surface area contributed by atoms with Crippen molar-refractivity contribution in [1.29, 1.82) is 0 Å². The molecule has 5 nitrogen and oxygen atoms in total. The fourth-order valence-electron chi connectivity index (χ4n) is 1.20. The summed E-state index contributed by atoms with van der Waals surface area (Å²) in [7, 11) is 3.25. The van der Waals surface area contributed by atoms with Crippen LogP contribution in [0.25, 0.3) is 0 Å². The summed E-state index contributed by atoms with van der Waals surface area (Å²) in [5, 5.41) is 0. The Kier molecular flexibility index (Phi) is 8.87. The molecular formula is C14H20O5. The molecule has 0 aliphatic rings. The molecule has 0 spiro atoms. The maximum Gasteiger partial charge on any atom is 0.313 e. The Morgan fingerprint density at radius 2 is 1.53 bits per heavy atom. The van der Waals surface area contributed by atoms with Crippen molar-refractivity contribution >= 4 is 11.8 Å². The third-order valence-electron chi connectivity index (χ3n) is 1.99. The summed E-state index contributed by atoms with van der Waals surface area (Å²) in [5.41, 5.74) is 0. The van der Waals surface area contributed by atoms with Crippen molar-refractivity contribution in [1.82, 2.24) is 0 Å². The Balaban J connectivity index is 0.000000344. The van der Waals surface area contributed by atoms with Crippen LogP contribution in [0.15, 0.2) is 24.3 Å². The summed E-state index contributed by atoms with van der Waals surface area (Å²) in [6.07, 6.45) is -0.103. The van der Waals surface area contributed by atoms with Gasteiger partial charge in [0.05, 0.1) is 20.8 Å². The Morgan fingerprint density at radius 3 is 1.84 bits per heavy atom. The van der Waals surface area contributed by atoms with E-state index in [2.05, 4.69) is 4.74 Å². The lowest BCUT2D eigenvalue weighted by Crippen LogP contribution is -2.07. The number of hydrogen-bond donors (Lipinski definition) is 0. The third-order valence-corrected chi connectivity index (χ3v) is 1.99. The van der Waals surface area contributed by atoms with Crippen LogP contribution in [0.1, 0.15) is 20.3 Å². The third kappa shape index (κ3) is 7.81. The van der Waals surface area contributed by atoms with Gasteiger partial charge in [0.15, 0.2) is 11.5 Å². The molecule has 0 aromatic heterocycles. The first-order valence-corrected chi connectivity index (χ1v) is 5.87. The Bertz CT molecular complexity index is 378. The number of ketones is 1. The van der Waals surface area contributed by atoms with Gasteiger partial charge < -0.3 is 14.2 Å². The normalized spacial score (nSPS) is 8.84. The van der Waals surface area contributed by atoms with Gasteiger partial charge in [0.25, 0.3) is 0 Å². The molecule has 0 heterocycles. The number of hydrogen-bond acceptors (Lipinski definition) is 5. The molecule has 0 amide bonds. The van der Waals surface area contributed by atoms with Crippen LogP contribution in [0.5, 0.6) is 11.5 Å². The SMILES string of the molecule is CCOC(=O)CC(C)=O.COc1ccccc1OC. The largest absolute Gasteiger partial charge is 0.493 e. The average Bonchev–Trinajstić information content (AvgIpc) is 2.38. The van der Waals surface area contributed by atoms with Crippen LogP contribution in [0.3, 0.4) is 0 Å². The molecule has 0 radical (unpaired) electrons. The van der Waals surface area contributed by atoms with Crippen molar-refractivity contribution in [3.8, 4) is 11.5 Å². The zero-order valence-corrected chi connectivity index (χ0v) is 11.8. The van der Waals surface area contributed by atoms with Gasteiger partial charge in [0.2, 0.25) is 0 Å². The number of carbonyl (C=O) groups is 2. The molecule has 0 saturated carbocycles. The van der Waals surface area contributed by atoms with Crippen molar-refractivity contribution in [3.63, 3.8) is 0 Å². The number of esters is 1. The lowest BCUT2D eigenvalue weighted by Gasteiger charge is -2.04. The highest BCUT2D eigenvalue weighted by Gasteiger charge is 2.03. The second-order valence-corrected chi connectivity index (χ2v) is 3.54. The van der Waals surface area contributed by atoms with E-state index in [0.29, 0.717) is 6.61 Å². The molecule has 1 rings (SSSR count). The van der Waals surface area contributed by atoms with Crippen LogP contribution in [0.2, 0.25) is 0 Å². The molecule has 1 aromatic rings. The van der Waals surface area contributed by atoms with Crippen molar-refractivity contribution in [2.75, 3.05) is 20.8 Å². The van der Waals surface area contributed by atoms with Crippen LogP contribution in [0.4, 0.5) is 0 Å². The van der Waals surface area contributed by atoms with Gasteiger partial charge in [-0.05, 0) is 26.0 Å². The zero-order valence-electron chi connectivity index (χ0n) is 11.8. The minimum absolute atomic E-state index is 0.103. The van der Waals surface area contributed by atoms with Gasteiger partial charge in [0.1, 0.15) is 12.2 Å². The molecule has 106 valence electrons. The number of benzene rings is 1. The fraction of sp³-hybridized carbons (Fsp3) is 0.429. The van der Waals surface area contributed by atoms with E-state index < -0.39 is 5.97 Å². The lowest BCUT2D eigenvalue weighted by atomic mass is 10.3. The van der Waals surface area contributed by atoms with E-state index in [4.69, 9.17) is 9.47 Å². The predicted molar refractivity (Wildman–Crippen MR) is 71.5 cm³/mol. The molecule has 0 aliphatic carbocycles. The zero-order chi connectivity index (χ0) is 14.7. The van der Waals surface area contributed by atoms with Crippen LogP contribution in [0, 0.1) is 0 Å². The summed E-state index contributed by atoms with van der Waals surface area (Å²) < 4.78 is 14.5. The molecule has 1 aromatic carbocycles. The minimum atomic E-state index is -0.440. The smallest absolute Gasteiger partial charge is 0.313 e. The second-order valence-electron chi connectivity index (χ2n) is 3.54. The summed E-state index contributed by atoms with van der Waals surface area (Å²) in [6, 6.07) is 7.53. The Hall–Kier alpha value is -2.04. The molecule has 5 heteroatoms. The maximum absolute atomic E-state index is 10.4. The number of Topliss-reactive ketones (excluding diaryl/α,β-unsaturated/α-hetero) is 1. The standard InChI is InChI=1S/C8H10O2.C6H10O3/c1-9-7-5-3-4-6-8(7)10-2;1-3-9-6(8)4-5(2)7/h3-6H,1-2H3;3-4H2,1-2H3. The highest BCUT2D eigenvalue weighted by Crippen LogP contribution is 2.24. The van der Waals surface area contributed by atoms with Gasteiger partial charge in [-0.15, -0.1) is 0 Å². The van der Waals surface area contributed by atoms with Crippen molar-refractivity contribution in [3.05, 3.63) is 24.3 Å².